The maximum absolute atomic E-state index is 11.9. The van der Waals surface area contributed by atoms with E-state index >= 15 is 0 Å². The summed E-state index contributed by atoms with van der Waals surface area (Å²) in [4.78, 5) is 16.6. The van der Waals surface area contributed by atoms with Gasteiger partial charge >= 0.3 is 6.03 Å². The summed E-state index contributed by atoms with van der Waals surface area (Å²) >= 11 is 6.02. The quantitative estimate of drug-likeness (QED) is 0.792. The largest absolute Gasteiger partial charge is 0.389 e. The number of likely N-dealkylation sites (N-methyl/N-ethyl adjacent to an activating group) is 1. The van der Waals surface area contributed by atoms with Gasteiger partial charge in [0.2, 0.25) is 0 Å². The number of halogens is 1. The van der Waals surface area contributed by atoms with Crippen LogP contribution in [-0.2, 0) is 6.42 Å². The normalized spacial score (nSPS) is 11.7. The Hall–Kier alpha value is -1.72. The topological polar surface area (TPSA) is 68.4 Å². The Kier molecular flexibility index (Phi) is 4.98. The van der Waals surface area contributed by atoms with Crippen molar-refractivity contribution in [1.82, 2.24) is 15.2 Å². The summed E-state index contributed by atoms with van der Waals surface area (Å²) in [7, 11) is 1.67. The number of fused-ring (bicyclic) bond motifs is 1. The molecular formula is C16H22ClN3O2. The third kappa shape index (κ3) is 4.39. The third-order valence-corrected chi connectivity index (χ3v) is 3.61. The lowest BCUT2D eigenvalue weighted by Crippen LogP contribution is -2.45. The number of benzene rings is 1. The van der Waals surface area contributed by atoms with E-state index in [0.29, 0.717) is 18.0 Å². The number of aromatic amines is 1. The second kappa shape index (κ2) is 6.58. The molecule has 0 saturated carbocycles. The van der Waals surface area contributed by atoms with E-state index in [1.165, 1.54) is 4.90 Å². The van der Waals surface area contributed by atoms with Crippen LogP contribution in [0, 0.1) is 0 Å². The second-order valence-corrected chi connectivity index (χ2v) is 6.59. The van der Waals surface area contributed by atoms with Crippen LogP contribution in [-0.4, -0.2) is 46.8 Å². The monoisotopic (exact) mass is 323 g/mol. The molecule has 120 valence electrons. The van der Waals surface area contributed by atoms with Crippen LogP contribution in [0.25, 0.3) is 10.9 Å². The maximum Gasteiger partial charge on any atom is 0.317 e. The number of aromatic nitrogens is 1. The molecule has 3 N–H and O–H groups in total. The van der Waals surface area contributed by atoms with E-state index in [-0.39, 0.29) is 12.6 Å². The van der Waals surface area contributed by atoms with Crippen molar-refractivity contribution in [2.24, 2.45) is 0 Å². The number of urea groups is 1. The van der Waals surface area contributed by atoms with Crippen molar-refractivity contribution < 1.29 is 9.90 Å². The Morgan fingerprint density at radius 1 is 1.45 bits per heavy atom. The average molecular weight is 324 g/mol. The summed E-state index contributed by atoms with van der Waals surface area (Å²) in [5.41, 5.74) is 1.24. The molecule has 0 unspecified atom stereocenters. The zero-order valence-electron chi connectivity index (χ0n) is 13.1. The smallest absolute Gasteiger partial charge is 0.317 e. The van der Waals surface area contributed by atoms with Gasteiger partial charge in [-0.25, -0.2) is 4.79 Å². The Labute approximate surface area is 135 Å². The maximum atomic E-state index is 11.9. The first-order valence-corrected chi connectivity index (χ1v) is 7.61. The van der Waals surface area contributed by atoms with Crippen LogP contribution in [0.4, 0.5) is 4.79 Å². The molecule has 1 aromatic heterocycles. The molecule has 22 heavy (non-hydrogen) atoms. The molecule has 1 aromatic carbocycles. The number of hydrogen-bond donors (Lipinski definition) is 3. The van der Waals surface area contributed by atoms with Gasteiger partial charge in [-0.2, -0.15) is 0 Å². The highest BCUT2D eigenvalue weighted by atomic mass is 35.5. The van der Waals surface area contributed by atoms with Crippen molar-refractivity contribution in [3.63, 3.8) is 0 Å². The van der Waals surface area contributed by atoms with Gasteiger partial charge in [-0.3, -0.25) is 0 Å². The summed E-state index contributed by atoms with van der Waals surface area (Å²) in [6.07, 6.45) is 2.65. The van der Waals surface area contributed by atoms with Gasteiger partial charge in [0.05, 0.1) is 12.1 Å². The SMILES string of the molecule is CN(CC(C)(C)O)C(=O)NCCc1c[nH]c2ccc(Cl)cc12. The molecule has 0 fully saturated rings. The Bertz CT molecular complexity index is 661. The highest BCUT2D eigenvalue weighted by molar-refractivity contribution is 6.31. The van der Waals surface area contributed by atoms with Crippen LogP contribution in [0.15, 0.2) is 24.4 Å². The van der Waals surface area contributed by atoms with Crippen LogP contribution >= 0.6 is 11.6 Å². The van der Waals surface area contributed by atoms with Gasteiger partial charge in [-0.15, -0.1) is 0 Å². The van der Waals surface area contributed by atoms with Gasteiger partial charge in [0.25, 0.3) is 0 Å². The molecule has 2 aromatic rings. The lowest BCUT2D eigenvalue weighted by molar-refractivity contribution is 0.0532. The number of nitrogens with zero attached hydrogens (tertiary/aromatic N) is 1. The highest BCUT2D eigenvalue weighted by Crippen LogP contribution is 2.22. The number of carbonyl (C=O) groups excluding carboxylic acids is 1. The van der Waals surface area contributed by atoms with Crippen LogP contribution in [0.3, 0.4) is 0 Å². The van der Waals surface area contributed by atoms with Crippen LogP contribution < -0.4 is 5.32 Å². The van der Waals surface area contributed by atoms with E-state index in [1.54, 1.807) is 20.9 Å². The van der Waals surface area contributed by atoms with Crippen molar-refractivity contribution in [1.29, 1.82) is 0 Å². The Morgan fingerprint density at radius 3 is 2.86 bits per heavy atom. The minimum absolute atomic E-state index is 0.194. The minimum atomic E-state index is -0.903. The zero-order valence-corrected chi connectivity index (χ0v) is 13.9. The van der Waals surface area contributed by atoms with Crippen LogP contribution in [0.2, 0.25) is 5.02 Å². The molecule has 2 rings (SSSR count). The lowest BCUT2D eigenvalue weighted by Gasteiger charge is -2.25. The van der Waals surface area contributed by atoms with Crippen molar-refractivity contribution >= 4 is 28.5 Å². The van der Waals surface area contributed by atoms with E-state index < -0.39 is 5.60 Å². The summed E-state index contributed by atoms with van der Waals surface area (Å²) in [6, 6.07) is 5.51. The fraction of sp³-hybridized carbons (Fsp3) is 0.438. The molecule has 6 heteroatoms. The average Bonchev–Trinajstić information content (AvgIpc) is 2.79. The zero-order chi connectivity index (χ0) is 16.3. The molecular weight excluding hydrogens is 302 g/mol. The van der Waals surface area contributed by atoms with Crippen molar-refractivity contribution in [2.45, 2.75) is 25.9 Å². The number of H-pyrrole nitrogens is 1. The van der Waals surface area contributed by atoms with E-state index in [4.69, 9.17) is 11.6 Å². The van der Waals surface area contributed by atoms with E-state index in [9.17, 15) is 9.90 Å². The molecule has 0 radical (unpaired) electrons. The minimum Gasteiger partial charge on any atom is -0.389 e. The first-order valence-electron chi connectivity index (χ1n) is 7.23. The standard InChI is InChI=1S/C16H22ClN3O2/c1-16(2,22)10-20(3)15(21)18-7-6-11-9-19-14-5-4-12(17)8-13(11)14/h4-5,8-9,19,22H,6-7,10H2,1-3H3,(H,18,21). The van der Waals surface area contributed by atoms with Crippen LogP contribution in [0.1, 0.15) is 19.4 Å². The van der Waals surface area contributed by atoms with Gasteiger partial charge in [-0.05, 0) is 44.0 Å². The molecule has 0 aliphatic rings. The van der Waals surface area contributed by atoms with Gasteiger partial charge in [0.1, 0.15) is 0 Å². The Morgan fingerprint density at radius 2 is 2.18 bits per heavy atom. The number of hydrogen-bond acceptors (Lipinski definition) is 2. The number of amides is 2. The molecule has 5 nitrogen and oxygen atoms in total. The number of rotatable bonds is 5. The number of nitrogens with one attached hydrogen (secondary N) is 2. The summed E-state index contributed by atoms with van der Waals surface area (Å²) in [5.74, 6) is 0. The molecule has 0 spiro atoms. The van der Waals surface area contributed by atoms with Gasteiger partial charge in [0.15, 0.2) is 0 Å². The molecule has 0 saturated heterocycles. The van der Waals surface area contributed by atoms with Crippen molar-refractivity contribution in [3.8, 4) is 0 Å². The summed E-state index contributed by atoms with van der Waals surface area (Å²) in [5, 5.41) is 14.3. The lowest BCUT2D eigenvalue weighted by atomic mass is 10.1. The van der Waals surface area contributed by atoms with Crippen molar-refractivity contribution in [2.75, 3.05) is 20.1 Å². The highest BCUT2D eigenvalue weighted by Gasteiger charge is 2.19. The van der Waals surface area contributed by atoms with Crippen molar-refractivity contribution in [3.05, 3.63) is 35.0 Å². The third-order valence-electron chi connectivity index (χ3n) is 3.37. The van der Waals surface area contributed by atoms with Crippen LogP contribution in [0.5, 0.6) is 0 Å². The van der Waals surface area contributed by atoms with E-state index in [0.717, 1.165) is 16.5 Å². The first kappa shape index (κ1) is 16.6. The molecule has 2 amide bonds. The fourth-order valence-corrected chi connectivity index (χ4v) is 2.62. The molecule has 0 atom stereocenters. The Balaban J connectivity index is 1.90. The van der Waals surface area contributed by atoms with Gasteiger partial charge < -0.3 is 20.3 Å². The number of carbonyl (C=O) groups is 1. The van der Waals surface area contributed by atoms with E-state index in [1.807, 2.05) is 24.4 Å². The number of aliphatic hydroxyl groups is 1. The molecule has 1 heterocycles. The van der Waals surface area contributed by atoms with Gasteiger partial charge in [0, 0.05) is 35.7 Å². The first-order chi connectivity index (χ1) is 10.3. The summed E-state index contributed by atoms with van der Waals surface area (Å²) in [6.45, 7) is 4.15. The van der Waals surface area contributed by atoms with E-state index in [2.05, 4.69) is 10.3 Å². The molecule has 0 bridgehead atoms. The molecule has 0 aliphatic heterocycles. The summed E-state index contributed by atoms with van der Waals surface area (Å²) < 4.78 is 0. The predicted molar refractivity (Wildman–Crippen MR) is 89.3 cm³/mol. The fourth-order valence-electron chi connectivity index (χ4n) is 2.45. The predicted octanol–water partition coefficient (Wildman–Crippen LogP) is 2.78. The van der Waals surface area contributed by atoms with Gasteiger partial charge in [-0.1, -0.05) is 11.6 Å². The molecule has 0 aliphatic carbocycles. The second-order valence-electron chi connectivity index (χ2n) is 6.15.